The molecule has 34 heavy (non-hydrogen) atoms. The van der Waals surface area contributed by atoms with E-state index in [1.165, 1.54) is 0 Å². The number of aryl methyl sites for hydroxylation is 2. The Morgan fingerprint density at radius 2 is 1.82 bits per heavy atom. The summed E-state index contributed by atoms with van der Waals surface area (Å²) in [6, 6.07) is 4.18. The summed E-state index contributed by atoms with van der Waals surface area (Å²) in [4.78, 5) is 41.5. The van der Waals surface area contributed by atoms with Crippen LogP contribution in [0.2, 0.25) is 0 Å². The van der Waals surface area contributed by atoms with E-state index in [9.17, 15) is 14.4 Å². The molecule has 1 aliphatic rings. The van der Waals surface area contributed by atoms with E-state index in [0.717, 1.165) is 42.4 Å². The molecule has 3 unspecified atom stereocenters. The molecule has 0 heterocycles. The van der Waals surface area contributed by atoms with Crippen molar-refractivity contribution in [2.24, 2.45) is 0 Å². The Kier molecular flexibility index (Phi) is 9.85. The van der Waals surface area contributed by atoms with Gasteiger partial charge in [0.05, 0.1) is 0 Å². The van der Waals surface area contributed by atoms with Crippen molar-refractivity contribution in [1.29, 1.82) is 0 Å². The van der Waals surface area contributed by atoms with Gasteiger partial charge < -0.3 is 20.3 Å². The molecular formula is C26H41N3O4S. The zero-order valence-electron chi connectivity index (χ0n) is 21.6. The van der Waals surface area contributed by atoms with Crippen LogP contribution >= 0.6 is 12.6 Å². The van der Waals surface area contributed by atoms with E-state index in [1.54, 1.807) is 25.7 Å². The first-order valence-corrected chi connectivity index (χ1v) is 12.8. The highest BCUT2D eigenvalue weighted by molar-refractivity contribution is 7.80. The first kappa shape index (κ1) is 28.0. The second-order valence-electron chi connectivity index (χ2n) is 10.3. The third kappa shape index (κ3) is 7.93. The van der Waals surface area contributed by atoms with Gasteiger partial charge in [-0.25, -0.2) is 4.79 Å². The second-order valence-corrected chi connectivity index (χ2v) is 10.7. The van der Waals surface area contributed by atoms with E-state index in [-0.39, 0.29) is 29.7 Å². The molecule has 3 amide bonds. The lowest BCUT2D eigenvalue weighted by atomic mass is 9.95. The predicted molar refractivity (Wildman–Crippen MR) is 138 cm³/mol. The topological polar surface area (TPSA) is 87.7 Å². The van der Waals surface area contributed by atoms with Crippen LogP contribution in [0.25, 0.3) is 0 Å². The van der Waals surface area contributed by atoms with Crippen LogP contribution in [0.1, 0.15) is 83.0 Å². The number of nitrogens with one attached hydrogen (secondary N) is 2. The second kappa shape index (κ2) is 12.0. The fraction of sp³-hybridized carbons (Fsp3) is 0.654. The standard InChI is InChI=1S/C26H41N3O4S/c1-8-9-18(4)27-23(30)22(20-14-16(2)10-11-17(20)3)29(19-12-13-19)24(31)21(15-34)28-25(32)33-26(5,6)7/h10-11,14,18-19,21-22,34H,8-9,12-13,15H2,1-7H3,(H,27,30)(H,28,32). The number of hydrogen-bond donors (Lipinski definition) is 3. The monoisotopic (exact) mass is 491 g/mol. The maximum absolute atomic E-state index is 13.8. The first-order chi connectivity index (χ1) is 15.9. The maximum Gasteiger partial charge on any atom is 0.408 e. The SMILES string of the molecule is CCCC(C)NC(=O)C(c1cc(C)ccc1C)N(C(=O)C(CS)NC(=O)OC(C)(C)C)C1CC1. The summed E-state index contributed by atoms with van der Waals surface area (Å²) in [5.74, 6) is -0.438. The molecule has 2 rings (SSSR count). The molecule has 1 aromatic carbocycles. The number of thiol groups is 1. The number of carbonyl (C=O) groups is 3. The Labute approximate surface area is 209 Å². The van der Waals surface area contributed by atoms with Crippen molar-refractivity contribution in [3.63, 3.8) is 0 Å². The minimum Gasteiger partial charge on any atom is -0.444 e. The summed E-state index contributed by atoms with van der Waals surface area (Å²) in [6.45, 7) is 13.3. The molecule has 8 heteroatoms. The Bertz CT molecular complexity index is 879. The molecule has 0 aliphatic heterocycles. The lowest BCUT2D eigenvalue weighted by Crippen LogP contribution is -2.55. The molecule has 0 radical (unpaired) electrons. The Hall–Kier alpha value is -2.22. The van der Waals surface area contributed by atoms with Crippen molar-refractivity contribution < 1.29 is 19.1 Å². The van der Waals surface area contributed by atoms with Gasteiger partial charge in [0.1, 0.15) is 17.7 Å². The molecule has 0 aromatic heterocycles. The van der Waals surface area contributed by atoms with Crippen LogP contribution in [-0.4, -0.2) is 52.3 Å². The smallest absolute Gasteiger partial charge is 0.408 e. The predicted octanol–water partition coefficient (Wildman–Crippen LogP) is 4.46. The van der Waals surface area contributed by atoms with Gasteiger partial charge in [0.2, 0.25) is 11.8 Å². The molecular weight excluding hydrogens is 450 g/mol. The summed E-state index contributed by atoms with van der Waals surface area (Å²) in [7, 11) is 0. The van der Waals surface area contributed by atoms with Gasteiger partial charge >= 0.3 is 6.09 Å². The molecule has 2 N–H and O–H groups in total. The van der Waals surface area contributed by atoms with E-state index < -0.39 is 23.8 Å². The quantitative estimate of drug-likeness (QED) is 0.422. The molecule has 1 fully saturated rings. The molecule has 7 nitrogen and oxygen atoms in total. The average Bonchev–Trinajstić information content (AvgIpc) is 3.55. The number of nitrogens with zero attached hydrogens (tertiary/aromatic N) is 1. The first-order valence-electron chi connectivity index (χ1n) is 12.2. The van der Waals surface area contributed by atoms with Crippen LogP contribution in [0.5, 0.6) is 0 Å². The minimum atomic E-state index is -0.910. The fourth-order valence-corrected chi connectivity index (χ4v) is 4.23. The molecule has 3 atom stereocenters. The van der Waals surface area contributed by atoms with Crippen molar-refractivity contribution >= 4 is 30.5 Å². The largest absolute Gasteiger partial charge is 0.444 e. The van der Waals surface area contributed by atoms with Gasteiger partial charge in [-0.3, -0.25) is 9.59 Å². The summed E-state index contributed by atoms with van der Waals surface area (Å²) in [5, 5.41) is 5.77. The summed E-state index contributed by atoms with van der Waals surface area (Å²) in [6.07, 6.45) is 2.75. The van der Waals surface area contributed by atoms with Crippen molar-refractivity contribution in [2.75, 3.05) is 5.75 Å². The number of amides is 3. The summed E-state index contributed by atoms with van der Waals surface area (Å²) >= 11 is 4.33. The third-order valence-corrected chi connectivity index (χ3v) is 6.10. The zero-order chi connectivity index (χ0) is 25.6. The van der Waals surface area contributed by atoms with Crippen molar-refractivity contribution in [1.82, 2.24) is 15.5 Å². The number of benzene rings is 1. The highest BCUT2D eigenvalue weighted by Gasteiger charge is 2.44. The van der Waals surface area contributed by atoms with E-state index in [4.69, 9.17) is 4.74 Å². The van der Waals surface area contributed by atoms with Crippen LogP contribution in [0.4, 0.5) is 4.79 Å². The lowest BCUT2D eigenvalue weighted by Gasteiger charge is -2.35. The number of ether oxygens (including phenoxy) is 1. The maximum atomic E-state index is 13.8. The molecule has 1 aliphatic carbocycles. The number of alkyl carbamates (subject to hydrolysis) is 1. The van der Waals surface area contributed by atoms with E-state index >= 15 is 0 Å². The van der Waals surface area contributed by atoms with E-state index in [1.807, 2.05) is 39.0 Å². The Morgan fingerprint density at radius 3 is 2.35 bits per heavy atom. The van der Waals surface area contributed by atoms with Gasteiger partial charge in [-0.05, 0) is 71.9 Å². The van der Waals surface area contributed by atoms with E-state index in [2.05, 4.69) is 30.2 Å². The number of carbonyl (C=O) groups excluding carboxylic acids is 3. The van der Waals surface area contributed by atoms with Crippen molar-refractivity contribution in [3.8, 4) is 0 Å². The third-order valence-electron chi connectivity index (χ3n) is 5.73. The highest BCUT2D eigenvalue weighted by Crippen LogP contribution is 2.37. The molecule has 0 saturated heterocycles. The number of rotatable bonds is 10. The lowest BCUT2D eigenvalue weighted by molar-refractivity contribution is -0.143. The minimum absolute atomic E-state index is 0.0122. The average molecular weight is 492 g/mol. The van der Waals surface area contributed by atoms with Crippen LogP contribution < -0.4 is 10.6 Å². The van der Waals surface area contributed by atoms with Crippen LogP contribution in [0.3, 0.4) is 0 Å². The van der Waals surface area contributed by atoms with E-state index in [0.29, 0.717) is 0 Å². The van der Waals surface area contributed by atoms with Crippen LogP contribution in [0.15, 0.2) is 18.2 Å². The van der Waals surface area contributed by atoms with Gasteiger partial charge in [0.25, 0.3) is 0 Å². The van der Waals surface area contributed by atoms with Gasteiger partial charge in [-0.2, -0.15) is 12.6 Å². The summed E-state index contributed by atoms with van der Waals surface area (Å²) < 4.78 is 5.35. The molecule has 1 saturated carbocycles. The van der Waals surface area contributed by atoms with Gasteiger partial charge in [-0.15, -0.1) is 0 Å². The van der Waals surface area contributed by atoms with Crippen LogP contribution in [0, 0.1) is 13.8 Å². The molecule has 1 aromatic rings. The molecule has 0 spiro atoms. The Balaban J connectivity index is 2.43. The Morgan fingerprint density at radius 1 is 1.18 bits per heavy atom. The van der Waals surface area contributed by atoms with Crippen LogP contribution in [-0.2, 0) is 14.3 Å². The van der Waals surface area contributed by atoms with Gasteiger partial charge in [0, 0.05) is 17.8 Å². The number of hydrogen-bond acceptors (Lipinski definition) is 5. The van der Waals surface area contributed by atoms with Crippen molar-refractivity contribution in [3.05, 3.63) is 34.9 Å². The zero-order valence-corrected chi connectivity index (χ0v) is 22.5. The van der Waals surface area contributed by atoms with Gasteiger partial charge in [-0.1, -0.05) is 37.1 Å². The van der Waals surface area contributed by atoms with Gasteiger partial charge in [0.15, 0.2) is 0 Å². The molecule has 0 bridgehead atoms. The van der Waals surface area contributed by atoms with Crippen molar-refractivity contribution in [2.45, 2.75) is 104 Å². The highest BCUT2D eigenvalue weighted by atomic mass is 32.1. The fourth-order valence-electron chi connectivity index (χ4n) is 3.98. The molecule has 190 valence electrons. The normalized spacial score (nSPS) is 16.2. The summed E-state index contributed by atoms with van der Waals surface area (Å²) in [5.41, 5.74) is 2.06.